The van der Waals surface area contributed by atoms with E-state index in [0.29, 0.717) is 0 Å². The number of hydrogen-bond acceptors (Lipinski definition) is 2. The summed E-state index contributed by atoms with van der Waals surface area (Å²) >= 11 is 6.81. The summed E-state index contributed by atoms with van der Waals surface area (Å²) in [5, 5.41) is 3.22. The average Bonchev–Trinajstić information content (AvgIpc) is 2.24. The first-order chi connectivity index (χ1) is 7.25. The van der Waals surface area contributed by atoms with Crippen molar-refractivity contribution >= 4 is 43.4 Å². The Balaban J connectivity index is 2.25. The molecule has 1 aromatic heterocycles. The first kappa shape index (κ1) is 10.6. The van der Waals surface area contributed by atoms with E-state index in [1.165, 1.54) is 0 Å². The van der Waals surface area contributed by atoms with Gasteiger partial charge in [-0.15, -0.1) is 0 Å². The summed E-state index contributed by atoms with van der Waals surface area (Å²) in [7, 11) is 0. The molecule has 0 unspecified atom stereocenters. The van der Waals surface area contributed by atoms with E-state index >= 15 is 0 Å². The van der Waals surface area contributed by atoms with Crippen LogP contribution in [0, 0.1) is 0 Å². The Hall–Kier alpha value is -0.870. The fraction of sp³-hybridized carbons (Fsp3) is 0. The summed E-state index contributed by atoms with van der Waals surface area (Å²) in [5.41, 5.74) is 1.02. The van der Waals surface area contributed by atoms with Crippen LogP contribution < -0.4 is 5.32 Å². The van der Waals surface area contributed by atoms with Crippen molar-refractivity contribution in [1.82, 2.24) is 4.98 Å². The fourth-order valence-corrected chi connectivity index (χ4v) is 2.25. The van der Waals surface area contributed by atoms with E-state index in [1.807, 2.05) is 36.4 Å². The Bertz CT molecular complexity index is 457. The van der Waals surface area contributed by atoms with Crippen molar-refractivity contribution in [3.8, 4) is 0 Å². The minimum Gasteiger partial charge on any atom is -0.339 e. The van der Waals surface area contributed by atoms with Gasteiger partial charge < -0.3 is 5.32 Å². The summed E-state index contributed by atoms with van der Waals surface area (Å²) < 4.78 is 1.88. The predicted octanol–water partition coefficient (Wildman–Crippen LogP) is 4.35. The molecule has 0 spiro atoms. The largest absolute Gasteiger partial charge is 0.339 e. The average molecular weight is 328 g/mol. The number of benzene rings is 1. The SMILES string of the molecule is Brc1cnc(Nc2ccccc2)c(Br)c1. The van der Waals surface area contributed by atoms with E-state index in [4.69, 9.17) is 0 Å². The molecule has 0 fully saturated rings. The number of pyridine rings is 1. The third kappa shape index (κ3) is 2.79. The van der Waals surface area contributed by atoms with Crippen molar-refractivity contribution in [3.63, 3.8) is 0 Å². The van der Waals surface area contributed by atoms with Gasteiger partial charge in [-0.3, -0.25) is 0 Å². The molecule has 1 aromatic carbocycles. The number of nitrogens with zero attached hydrogens (tertiary/aromatic N) is 1. The number of rotatable bonds is 2. The van der Waals surface area contributed by atoms with Crippen LogP contribution in [-0.2, 0) is 0 Å². The number of aromatic nitrogens is 1. The molecule has 15 heavy (non-hydrogen) atoms. The zero-order chi connectivity index (χ0) is 10.7. The third-order valence-electron chi connectivity index (χ3n) is 1.84. The number of anilines is 2. The molecule has 0 saturated heterocycles. The van der Waals surface area contributed by atoms with Gasteiger partial charge in [0, 0.05) is 16.4 Å². The zero-order valence-corrected chi connectivity index (χ0v) is 10.9. The maximum Gasteiger partial charge on any atom is 0.144 e. The lowest BCUT2D eigenvalue weighted by molar-refractivity contribution is 1.27. The molecule has 1 heterocycles. The highest BCUT2D eigenvalue weighted by molar-refractivity contribution is 9.11. The second-order valence-electron chi connectivity index (χ2n) is 2.97. The highest BCUT2D eigenvalue weighted by Gasteiger charge is 2.01. The Morgan fingerprint density at radius 3 is 2.47 bits per heavy atom. The van der Waals surface area contributed by atoms with E-state index in [-0.39, 0.29) is 0 Å². The van der Waals surface area contributed by atoms with Gasteiger partial charge in [-0.25, -0.2) is 4.98 Å². The van der Waals surface area contributed by atoms with E-state index in [1.54, 1.807) is 6.20 Å². The molecule has 0 atom stereocenters. The lowest BCUT2D eigenvalue weighted by atomic mass is 10.3. The highest BCUT2D eigenvalue weighted by atomic mass is 79.9. The lowest BCUT2D eigenvalue weighted by Gasteiger charge is -2.07. The Kier molecular flexibility index (Phi) is 3.38. The Morgan fingerprint density at radius 1 is 1.07 bits per heavy atom. The summed E-state index contributed by atoms with van der Waals surface area (Å²) in [5.74, 6) is 0.810. The van der Waals surface area contributed by atoms with E-state index in [0.717, 1.165) is 20.5 Å². The fourth-order valence-electron chi connectivity index (χ4n) is 1.16. The Labute approximate surface area is 105 Å². The normalized spacial score (nSPS) is 10.0. The van der Waals surface area contributed by atoms with Crippen LogP contribution in [0.5, 0.6) is 0 Å². The van der Waals surface area contributed by atoms with Crippen LogP contribution in [0.4, 0.5) is 11.5 Å². The summed E-state index contributed by atoms with van der Waals surface area (Å²) in [6, 6.07) is 11.9. The predicted molar refractivity (Wildman–Crippen MR) is 69.4 cm³/mol. The first-order valence-corrected chi connectivity index (χ1v) is 5.97. The van der Waals surface area contributed by atoms with Crippen molar-refractivity contribution in [3.05, 3.63) is 51.5 Å². The van der Waals surface area contributed by atoms with E-state index in [2.05, 4.69) is 42.2 Å². The number of halogens is 2. The smallest absolute Gasteiger partial charge is 0.144 e. The van der Waals surface area contributed by atoms with Crippen molar-refractivity contribution < 1.29 is 0 Å². The molecular formula is C11H8Br2N2. The van der Waals surface area contributed by atoms with E-state index < -0.39 is 0 Å². The molecule has 2 nitrogen and oxygen atoms in total. The minimum atomic E-state index is 0.810. The van der Waals surface area contributed by atoms with Crippen molar-refractivity contribution in [2.24, 2.45) is 0 Å². The number of para-hydroxylation sites is 1. The molecule has 2 rings (SSSR count). The van der Waals surface area contributed by atoms with Gasteiger partial charge in [-0.1, -0.05) is 18.2 Å². The highest BCUT2D eigenvalue weighted by Crippen LogP contribution is 2.25. The maximum absolute atomic E-state index is 4.27. The standard InChI is InChI=1S/C11H8Br2N2/c12-8-6-10(13)11(14-7-8)15-9-4-2-1-3-5-9/h1-7H,(H,14,15). The molecule has 76 valence electrons. The Morgan fingerprint density at radius 2 is 1.80 bits per heavy atom. The topological polar surface area (TPSA) is 24.9 Å². The molecule has 0 radical (unpaired) electrons. The van der Waals surface area contributed by atoms with Gasteiger partial charge in [-0.2, -0.15) is 0 Å². The van der Waals surface area contributed by atoms with Crippen LogP contribution in [0.1, 0.15) is 0 Å². The second-order valence-corrected chi connectivity index (χ2v) is 4.75. The van der Waals surface area contributed by atoms with Gasteiger partial charge in [0.05, 0.1) is 4.47 Å². The monoisotopic (exact) mass is 326 g/mol. The molecule has 0 aliphatic heterocycles. The van der Waals surface area contributed by atoms with Gasteiger partial charge in [0.1, 0.15) is 5.82 Å². The summed E-state index contributed by atoms with van der Waals surface area (Å²) in [6.45, 7) is 0. The minimum absolute atomic E-state index is 0.810. The molecule has 0 bridgehead atoms. The van der Waals surface area contributed by atoms with Crippen LogP contribution in [0.2, 0.25) is 0 Å². The lowest BCUT2D eigenvalue weighted by Crippen LogP contribution is -1.93. The molecule has 0 aliphatic carbocycles. The molecule has 4 heteroatoms. The molecule has 0 amide bonds. The first-order valence-electron chi connectivity index (χ1n) is 4.39. The number of hydrogen-bond donors (Lipinski definition) is 1. The van der Waals surface area contributed by atoms with Crippen molar-refractivity contribution in [2.75, 3.05) is 5.32 Å². The molecule has 2 aromatic rings. The van der Waals surface area contributed by atoms with Crippen LogP contribution >= 0.6 is 31.9 Å². The van der Waals surface area contributed by atoms with Crippen LogP contribution in [-0.4, -0.2) is 4.98 Å². The maximum atomic E-state index is 4.27. The van der Waals surface area contributed by atoms with Crippen molar-refractivity contribution in [2.45, 2.75) is 0 Å². The van der Waals surface area contributed by atoms with Crippen molar-refractivity contribution in [1.29, 1.82) is 0 Å². The van der Waals surface area contributed by atoms with E-state index in [9.17, 15) is 0 Å². The van der Waals surface area contributed by atoms with Gasteiger partial charge >= 0.3 is 0 Å². The molecule has 0 saturated carbocycles. The van der Waals surface area contributed by atoms with Gasteiger partial charge in [-0.05, 0) is 50.1 Å². The van der Waals surface area contributed by atoms with Gasteiger partial charge in [0.25, 0.3) is 0 Å². The summed E-state index contributed by atoms with van der Waals surface area (Å²) in [6.07, 6.45) is 1.76. The van der Waals surface area contributed by atoms with Crippen LogP contribution in [0.3, 0.4) is 0 Å². The van der Waals surface area contributed by atoms with Gasteiger partial charge in [0.15, 0.2) is 0 Å². The third-order valence-corrected chi connectivity index (χ3v) is 2.88. The van der Waals surface area contributed by atoms with Crippen LogP contribution in [0.15, 0.2) is 51.5 Å². The van der Waals surface area contributed by atoms with Crippen LogP contribution in [0.25, 0.3) is 0 Å². The molecule has 1 N–H and O–H groups in total. The van der Waals surface area contributed by atoms with Gasteiger partial charge in [0.2, 0.25) is 0 Å². The molecule has 0 aliphatic rings. The molecular weight excluding hydrogens is 320 g/mol. The second kappa shape index (κ2) is 4.77. The quantitative estimate of drug-likeness (QED) is 0.887. The summed E-state index contributed by atoms with van der Waals surface area (Å²) in [4.78, 5) is 4.27. The zero-order valence-electron chi connectivity index (χ0n) is 7.74. The number of nitrogens with one attached hydrogen (secondary N) is 1.